The van der Waals surface area contributed by atoms with Crippen LogP contribution in [0.4, 0.5) is 13.2 Å². The summed E-state index contributed by atoms with van der Waals surface area (Å²) in [5.41, 5.74) is 0.0925. The number of aromatic amines is 1. The molecule has 0 radical (unpaired) electrons. The van der Waals surface area contributed by atoms with E-state index in [9.17, 15) is 23.1 Å². The number of aromatic nitrogens is 4. The normalized spacial score (nSPS) is 16.0. The SMILES string of the molecule is Cc1nc2c(c(CO)nn2C(c2ccc(C(F)(F)F)cc2)C2CC2)c(=O)[nH]1. The molecule has 9 heteroatoms. The quantitative estimate of drug-likeness (QED) is 0.731. The number of fused-ring (bicyclic) bond motifs is 1. The molecule has 0 amide bonds. The second kappa shape index (κ2) is 6.19. The first-order valence-electron chi connectivity index (χ1n) is 8.55. The van der Waals surface area contributed by atoms with E-state index in [2.05, 4.69) is 15.1 Å². The number of aliphatic hydroxyl groups excluding tert-OH is 1. The molecule has 1 atom stereocenters. The molecular formula is C18H17F3N4O2. The molecule has 2 heterocycles. The van der Waals surface area contributed by atoms with Gasteiger partial charge in [0.2, 0.25) is 0 Å². The third kappa shape index (κ3) is 3.12. The average Bonchev–Trinajstić information content (AvgIpc) is 3.36. The lowest BCUT2D eigenvalue weighted by atomic mass is 10.0. The number of nitrogens with one attached hydrogen (secondary N) is 1. The molecule has 27 heavy (non-hydrogen) atoms. The Labute approximate surface area is 151 Å². The summed E-state index contributed by atoms with van der Waals surface area (Å²) in [6, 6.07) is 4.64. The van der Waals surface area contributed by atoms with Gasteiger partial charge in [0.1, 0.15) is 16.9 Å². The maximum absolute atomic E-state index is 12.9. The number of hydrogen-bond acceptors (Lipinski definition) is 4. The van der Waals surface area contributed by atoms with Crippen molar-refractivity contribution >= 4 is 11.0 Å². The lowest BCUT2D eigenvalue weighted by molar-refractivity contribution is -0.137. The Bertz CT molecular complexity index is 1050. The van der Waals surface area contributed by atoms with Crippen molar-refractivity contribution in [3.8, 4) is 0 Å². The molecule has 3 aromatic rings. The standard InChI is InChI=1S/C18H17F3N4O2/c1-9-22-16-14(17(27)23-9)13(8-26)24-25(16)15(10-2-3-10)11-4-6-12(7-5-11)18(19,20)21/h4-7,10,15,26H,2-3,8H2,1H3,(H,22,23,27). The van der Waals surface area contributed by atoms with Crippen LogP contribution in [0.15, 0.2) is 29.1 Å². The number of alkyl halides is 3. The zero-order valence-electron chi connectivity index (χ0n) is 14.4. The molecule has 1 aromatic carbocycles. The number of aryl methyl sites for hydroxylation is 1. The predicted octanol–water partition coefficient (Wildman–Crippen LogP) is 2.94. The summed E-state index contributed by atoms with van der Waals surface area (Å²) in [7, 11) is 0. The van der Waals surface area contributed by atoms with Gasteiger partial charge in [0.15, 0.2) is 5.65 Å². The molecule has 1 aliphatic carbocycles. The van der Waals surface area contributed by atoms with Crippen molar-refractivity contribution in [2.24, 2.45) is 5.92 Å². The lowest BCUT2D eigenvalue weighted by Gasteiger charge is -2.19. The highest BCUT2D eigenvalue weighted by Crippen LogP contribution is 2.44. The van der Waals surface area contributed by atoms with Crippen LogP contribution in [-0.4, -0.2) is 24.9 Å². The number of rotatable bonds is 4. The molecule has 0 bridgehead atoms. The first kappa shape index (κ1) is 17.7. The van der Waals surface area contributed by atoms with Crippen molar-refractivity contribution in [1.29, 1.82) is 0 Å². The van der Waals surface area contributed by atoms with E-state index in [0.29, 0.717) is 17.0 Å². The summed E-state index contributed by atoms with van der Waals surface area (Å²) < 4.78 is 40.2. The maximum atomic E-state index is 12.9. The van der Waals surface area contributed by atoms with E-state index in [1.54, 1.807) is 11.6 Å². The highest BCUT2D eigenvalue weighted by atomic mass is 19.4. The van der Waals surface area contributed by atoms with Crippen molar-refractivity contribution in [1.82, 2.24) is 19.7 Å². The van der Waals surface area contributed by atoms with E-state index in [1.807, 2.05) is 0 Å². The van der Waals surface area contributed by atoms with Crippen LogP contribution in [0.5, 0.6) is 0 Å². The van der Waals surface area contributed by atoms with Gasteiger partial charge < -0.3 is 10.1 Å². The fourth-order valence-corrected chi connectivity index (χ4v) is 3.42. The Morgan fingerprint density at radius 2 is 1.96 bits per heavy atom. The summed E-state index contributed by atoms with van der Waals surface area (Å²) in [6.45, 7) is 1.21. The summed E-state index contributed by atoms with van der Waals surface area (Å²) in [4.78, 5) is 19.3. The highest BCUT2D eigenvalue weighted by Gasteiger charge is 2.37. The molecule has 2 N–H and O–H groups in total. The third-order valence-electron chi connectivity index (χ3n) is 4.81. The Morgan fingerprint density at radius 3 is 2.52 bits per heavy atom. The van der Waals surface area contributed by atoms with Gasteiger partial charge in [-0.2, -0.15) is 18.3 Å². The molecule has 1 fully saturated rings. The summed E-state index contributed by atoms with van der Waals surface area (Å²) in [5.74, 6) is 0.595. The van der Waals surface area contributed by atoms with E-state index >= 15 is 0 Å². The van der Waals surface area contributed by atoms with Crippen LogP contribution < -0.4 is 5.56 Å². The van der Waals surface area contributed by atoms with Crippen molar-refractivity contribution < 1.29 is 18.3 Å². The summed E-state index contributed by atoms with van der Waals surface area (Å²) >= 11 is 0. The molecule has 0 aliphatic heterocycles. The Morgan fingerprint density at radius 1 is 1.30 bits per heavy atom. The summed E-state index contributed by atoms with van der Waals surface area (Å²) in [5, 5.41) is 14.2. The van der Waals surface area contributed by atoms with Crippen molar-refractivity contribution in [2.75, 3.05) is 0 Å². The van der Waals surface area contributed by atoms with Crippen LogP contribution in [0.25, 0.3) is 11.0 Å². The van der Waals surface area contributed by atoms with Crippen LogP contribution in [0, 0.1) is 12.8 Å². The van der Waals surface area contributed by atoms with E-state index in [0.717, 1.165) is 25.0 Å². The Hall–Kier alpha value is -2.68. The van der Waals surface area contributed by atoms with Crippen molar-refractivity contribution in [2.45, 2.75) is 38.6 Å². The number of H-pyrrole nitrogens is 1. The van der Waals surface area contributed by atoms with Gasteiger partial charge in [0.25, 0.3) is 5.56 Å². The number of nitrogens with zero attached hydrogens (tertiary/aromatic N) is 3. The second-order valence-electron chi connectivity index (χ2n) is 6.80. The molecule has 6 nitrogen and oxygen atoms in total. The first-order valence-corrected chi connectivity index (χ1v) is 8.55. The van der Waals surface area contributed by atoms with Gasteiger partial charge in [-0.05, 0) is 43.4 Å². The minimum absolute atomic E-state index is 0.192. The summed E-state index contributed by atoms with van der Waals surface area (Å²) in [6.07, 6.45) is -2.59. The molecule has 1 unspecified atom stereocenters. The van der Waals surface area contributed by atoms with E-state index in [4.69, 9.17) is 0 Å². The van der Waals surface area contributed by atoms with E-state index in [1.165, 1.54) is 12.1 Å². The number of hydrogen-bond donors (Lipinski definition) is 2. The minimum atomic E-state index is -4.40. The van der Waals surface area contributed by atoms with Gasteiger partial charge in [-0.1, -0.05) is 12.1 Å². The molecule has 0 spiro atoms. The highest BCUT2D eigenvalue weighted by molar-refractivity contribution is 5.77. The van der Waals surface area contributed by atoms with Gasteiger partial charge in [0, 0.05) is 0 Å². The molecule has 142 valence electrons. The number of halogens is 3. The number of benzene rings is 1. The van der Waals surface area contributed by atoms with E-state index in [-0.39, 0.29) is 23.0 Å². The molecule has 1 aliphatic rings. The van der Waals surface area contributed by atoms with Gasteiger partial charge in [0.05, 0.1) is 18.2 Å². The van der Waals surface area contributed by atoms with Crippen LogP contribution in [0.1, 0.15) is 41.5 Å². The van der Waals surface area contributed by atoms with Gasteiger partial charge in [-0.25, -0.2) is 9.67 Å². The van der Waals surface area contributed by atoms with Crippen LogP contribution >= 0.6 is 0 Å². The molecule has 1 saturated carbocycles. The molecular weight excluding hydrogens is 361 g/mol. The van der Waals surface area contributed by atoms with Crippen molar-refractivity contribution in [3.05, 3.63) is 57.3 Å². The maximum Gasteiger partial charge on any atom is 0.416 e. The van der Waals surface area contributed by atoms with Gasteiger partial charge >= 0.3 is 6.18 Å². The second-order valence-corrected chi connectivity index (χ2v) is 6.80. The van der Waals surface area contributed by atoms with Gasteiger partial charge in [-0.15, -0.1) is 0 Å². The van der Waals surface area contributed by atoms with Gasteiger partial charge in [-0.3, -0.25) is 4.79 Å². The minimum Gasteiger partial charge on any atom is -0.390 e. The zero-order valence-corrected chi connectivity index (χ0v) is 14.4. The van der Waals surface area contributed by atoms with Crippen LogP contribution in [-0.2, 0) is 12.8 Å². The Kier molecular flexibility index (Phi) is 4.06. The zero-order chi connectivity index (χ0) is 19.3. The first-order chi connectivity index (χ1) is 12.8. The molecule has 2 aromatic heterocycles. The van der Waals surface area contributed by atoms with Crippen LogP contribution in [0.3, 0.4) is 0 Å². The predicted molar refractivity (Wildman–Crippen MR) is 91.1 cm³/mol. The largest absolute Gasteiger partial charge is 0.416 e. The smallest absolute Gasteiger partial charge is 0.390 e. The fourth-order valence-electron chi connectivity index (χ4n) is 3.42. The topological polar surface area (TPSA) is 83.8 Å². The van der Waals surface area contributed by atoms with E-state index < -0.39 is 23.9 Å². The van der Waals surface area contributed by atoms with Crippen LogP contribution in [0.2, 0.25) is 0 Å². The molecule has 0 saturated heterocycles. The lowest BCUT2D eigenvalue weighted by Crippen LogP contribution is -2.17. The Balaban J connectivity index is 1.88. The fraction of sp³-hybridized carbons (Fsp3) is 0.389. The molecule has 4 rings (SSSR count). The average molecular weight is 378 g/mol. The third-order valence-corrected chi connectivity index (χ3v) is 4.81. The van der Waals surface area contributed by atoms with Crippen molar-refractivity contribution in [3.63, 3.8) is 0 Å². The monoisotopic (exact) mass is 378 g/mol. The number of aliphatic hydroxyl groups is 1.